The predicted octanol–water partition coefficient (Wildman–Crippen LogP) is 16.9. The van der Waals surface area contributed by atoms with Crippen molar-refractivity contribution in [2.75, 3.05) is 123 Å². The highest BCUT2D eigenvalue weighted by Crippen LogP contribution is 2.45. The Morgan fingerprint density at radius 2 is 0.607 bits per heavy atom. The summed E-state index contributed by atoms with van der Waals surface area (Å²) in [5.41, 5.74) is 12.2. The summed E-state index contributed by atoms with van der Waals surface area (Å²) in [5, 5.41) is 18.8. The molecule has 6 N–H and O–H groups in total. The van der Waals surface area contributed by atoms with Gasteiger partial charge in [-0.3, -0.25) is 53.1 Å². The number of rotatable bonds is 12. The Morgan fingerprint density at radius 3 is 0.957 bits per heavy atom. The lowest BCUT2D eigenvalue weighted by Crippen LogP contribution is -2.58. The minimum Gasteiger partial charge on any atom is -0.339 e. The molecule has 15 aliphatic rings. The topological polar surface area (TPSA) is 238 Å². The number of benzene rings is 8. The fraction of sp³-hybridized carbons (Fsp3) is 0.521. The van der Waals surface area contributed by atoms with Gasteiger partial charge in [0.15, 0.2) is 0 Å². The van der Waals surface area contributed by atoms with E-state index in [1.165, 1.54) is 122 Å². The first-order valence-corrected chi connectivity index (χ1v) is 52.4. The molecule has 0 bridgehead atoms. The van der Waals surface area contributed by atoms with Crippen LogP contribution in [0, 0.1) is 11.8 Å². The number of likely N-dealkylation sites (tertiary alicyclic amines) is 3. The summed E-state index contributed by atoms with van der Waals surface area (Å²) >= 11 is 0. The van der Waals surface area contributed by atoms with Gasteiger partial charge in [0.25, 0.3) is 5.91 Å². The van der Waals surface area contributed by atoms with Crippen molar-refractivity contribution in [3.63, 3.8) is 0 Å². The standard InChI is InChI=1S/C25H29N3O2.C23H27N3O.C22H33N3O.2C13H17N3O.C10H10O.C9H16O.2CH4/c1-19(29)27-18-28(22-9-3-2-4-10-22)25(24(27)30)13-15-26(16-14-25)23-12-11-20-7-5-6-8-21(20)17-23;27-22-23(26(17-24-22)20-8-2-1-3-9-20)12-14-25(15-13-23)21-11-10-18-6-4-5-7-19(18)16-21;1-2-6-18-9-11-19(12-10-18)24-15-13-22(14-16-24)21(26)23-17-25(22)20-7-4-3-5-8-20;2*17-12-13(6-8-14-9-7-13)16(10-15-12)11-4-2-1-3-5-11;11-10-6-5-8-3-1-2-4-9(8)7-10;1-2-3-8-4-6-9(10)7-5-8;;/h2-10,23H,11-18H2,1H3;1-9,21H,10-17H2,(H,24,27);3-5,7-8,18-19H,2,6,9-17H2,1H3,(H,23,26);2*1-5,14H,6-10H2,(H,15,17);1-4H,5-7H2;8H,2-7H2,1H3;2*1H4. The normalized spacial score (nSPS) is 23.6. The molecule has 10 aliphatic heterocycles. The van der Waals surface area contributed by atoms with Crippen LogP contribution in [0.25, 0.3) is 0 Å². The van der Waals surface area contributed by atoms with Crippen molar-refractivity contribution in [3.8, 4) is 0 Å². The number of amides is 6. The van der Waals surface area contributed by atoms with Crippen LogP contribution in [0.5, 0.6) is 0 Å². The van der Waals surface area contributed by atoms with Crippen molar-refractivity contribution in [2.24, 2.45) is 11.8 Å². The second-order valence-corrected chi connectivity index (χ2v) is 41.2. The molecule has 2 unspecified atom stereocenters. The molecule has 23 heteroatoms. The number of ketones is 2. The van der Waals surface area contributed by atoms with Crippen molar-refractivity contribution in [3.05, 3.63) is 258 Å². The molecule has 748 valence electrons. The van der Waals surface area contributed by atoms with Gasteiger partial charge in [-0.25, -0.2) is 0 Å². The monoisotopic (exact) mass is 1900 g/mol. The van der Waals surface area contributed by atoms with Gasteiger partial charge < -0.3 is 61.3 Å². The van der Waals surface area contributed by atoms with E-state index >= 15 is 0 Å². The number of para-hydroxylation sites is 5. The van der Waals surface area contributed by atoms with E-state index in [2.05, 4.69) is 212 Å². The summed E-state index contributed by atoms with van der Waals surface area (Å²) in [6.45, 7) is 18.5. The molecule has 2 saturated carbocycles. The van der Waals surface area contributed by atoms with E-state index in [1.54, 1.807) is 0 Å². The molecular weight excluding hydrogens is 1740 g/mol. The number of nitrogens with zero attached hydrogens (tertiary/aromatic N) is 9. The lowest BCUT2D eigenvalue weighted by Gasteiger charge is -2.46. The zero-order valence-electron chi connectivity index (χ0n) is 82.1. The van der Waals surface area contributed by atoms with Crippen LogP contribution in [0.3, 0.4) is 0 Å². The number of hydrogen-bond acceptors (Lipinski definition) is 18. The molecular formula is C117H157N15O8. The van der Waals surface area contributed by atoms with Gasteiger partial charge >= 0.3 is 0 Å². The summed E-state index contributed by atoms with van der Waals surface area (Å²) in [6.07, 6.45) is 32.9. The molecule has 23 nitrogen and oxygen atoms in total. The van der Waals surface area contributed by atoms with E-state index in [-0.39, 0.29) is 72.5 Å². The van der Waals surface area contributed by atoms with E-state index in [0.717, 1.165) is 228 Å². The highest BCUT2D eigenvalue weighted by molar-refractivity contribution is 6.04. The number of anilines is 5. The molecule has 8 aromatic carbocycles. The number of aryl methyl sites for hydroxylation is 3. The highest BCUT2D eigenvalue weighted by atomic mass is 16.2. The Hall–Kier alpha value is -11.1. The summed E-state index contributed by atoms with van der Waals surface area (Å²) < 4.78 is 0. The lowest BCUT2D eigenvalue weighted by molar-refractivity contribution is -0.144. The van der Waals surface area contributed by atoms with E-state index in [9.17, 15) is 38.4 Å². The van der Waals surface area contributed by atoms with E-state index in [4.69, 9.17) is 0 Å². The molecule has 140 heavy (non-hydrogen) atoms. The smallest absolute Gasteiger partial charge is 0.256 e. The number of nitrogens with one attached hydrogen (secondary N) is 6. The van der Waals surface area contributed by atoms with E-state index < -0.39 is 5.54 Å². The largest absolute Gasteiger partial charge is 0.339 e. The third-order valence-corrected chi connectivity index (χ3v) is 33.5. The molecule has 5 aliphatic carbocycles. The van der Waals surface area contributed by atoms with Gasteiger partial charge in [-0.2, -0.15) is 0 Å². The van der Waals surface area contributed by atoms with Gasteiger partial charge in [0.1, 0.15) is 45.9 Å². The number of carbonyl (C=O) groups is 8. The van der Waals surface area contributed by atoms with Crippen molar-refractivity contribution in [1.29, 1.82) is 0 Å². The molecule has 5 spiro atoms. The molecule has 8 aromatic rings. The Balaban J connectivity index is 0.000000127. The molecule has 10 saturated heterocycles. The predicted molar refractivity (Wildman–Crippen MR) is 563 cm³/mol. The number of fused-ring (bicyclic) bond motifs is 3. The molecule has 0 aromatic heterocycles. The number of piperidine rings is 5. The first-order chi connectivity index (χ1) is 67.4. The lowest BCUT2D eigenvalue weighted by atomic mass is 9.80. The zero-order valence-corrected chi connectivity index (χ0v) is 82.1. The van der Waals surface area contributed by atoms with Gasteiger partial charge in [-0.1, -0.05) is 218 Å². The average Bonchev–Trinajstić information content (AvgIpc) is 1.56. The van der Waals surface area contributed by atoms with E-state index in [0.29, 0.717) is 63.4 Å². The van der Waals surface area contributed by atoms with Crippen LogP contribution in [0.2, 0.25) is 0 Å². The quantitative estimate of drug-likeness (QED) is 0.0667. The molecule has 0 radical (unpaired) electrons. The first kappa shape index (κ1) is 103. The average molecular weight is 1900 g/mol. The van der Waals surface area contributed by atoms with E-state index in [1.807, 2.05) is 97.1 Å². The van der Waals surface area contributed by atoms with Crippen molar-refractivity contribution in [2.45, 2.75) is 280 Å². The van der Waals surface area contributed by atoms with Crippen molar-refractivity contribution < 1.29 is 38.4 Å². The number of hydrogen-bond donors (Lipinski definition) is 6. The zero-order chi connectivity index (χ0) is 95.5. The van der Waals surface area contributed by atoms with Crippen LogP contribution >= 0.6 is 0 Å². The molecule has 12 fully saturated rings. The summed E-state index contributed by atoms with van der Waals surface area (Å²) in [5.74, 6) is 3.30. The summed E-state index contributed by atoms with van der Waals surface area (Å²) in [4.78, 5) is 118. The first-order valence-electron chi connectivity index (χ1n) is 52.4. The highest BCUT2D eigenvalue weighted by Gasteiger charge is 2.58. The SMILES string of the molecule is C.C.CC(=O)N1CN(c2ccccc2)C2(CCN(C3CCc4ccccc4C3)CC2)C1=O.CCCC1CCC(=O)CC1.CCCC1CCC(N2CCC3(CC2)C(=O)NCN3c2ccccc2)CC1.O=C1CCc2ccccc2C1.O=C1NCN(c2ccccc2)C12CCN(C1CCc3ccccc3C1)CC2.O=C1NCN(c2ccccc2)C12CCNCC2.O=C1NCN(c2ccccc2)C12CCNCC2. The maximum absolute atomic E-state index is 13.4. The third kappa shape index (κ3) is 23.1. The Bertz CT molecular complexity index is 5280. The van der Waals surface area contributed by atoms with Crippen molar-refractivity contribution in [1.82, 2.24) is 51.5 Å². The van der Waals surface area contributed by atoms with Crippen LogP contribution < -0.4 is 56.4 Å². The minimum absolute atomic E-state index is 0. The molecule has 2 atom stereocenters. The Morgan fingerprint density at radius 1 is 0.307 bits per heavy atom. The number of imide groups is 1. The van der Waals surface area contributed by atoms with Crippen LogP contribution in [0.4, 0.5) is 28.4 Å². The fourth-order valence-electron chi connectivity index (χ4n) is 25.4. The molecule has 6 amide bonds. The van der Waals surface area contributed by atoms with Gasteiger partial charge in [0.2, 0.25) is 29.5 Å². The van der Waals surface area contributed by atoms with Gasteiger partial charge in [0, 0.05) is 118 Å². The number of carbonyl (C=O) groups excluding carboxylic acids is 8. The Kier molecular flexibility index (Phi) is 35.5. The van der Waals surface area contributed by atoms with Crippen LogP contribution in [0.1, 0.15) is 230 Å². The second kappa shape index (κ2) is 48.1. The maximum Gasteiger partial charge on any atom is 0.256 e. The van der Waals surface area contributed by atoms with Gasteiger partial charge in [-0.05, 0) is 280 Å². The number of Topliss-reactive ketones (excluding diaryl/α,β-unsaturated/α-hetero) is 2. The van der Waals surface area contributed by atoms with Crippen LogP contribution in [-0.4, -0.2) is 211 Å². The molecule has 10 heterocycles. The second-order valence-electron chi connectivity index (χ2n) is 41.2. The summed E-state index contributed by atoms with van der Waals surface area (Å²) in [7, 11) is 0. The maximum atomic E-state index is 13.4. The van der Waals surface area contributed by atoms with Gasteiger partial charge in [0.05, 0.1) is 26.7 Å². The third-order valence-electron chi connectivity index (χ3n) is 33.5. The van der Waals surface area contributed by atoms with Crippen molar-refractivity contribution >= 4 is 75.4 Å². The summed E-state index contributed by atoms with van der Waals surface area (Å²) in [6, 6.07) is 79.0. The Labute approximate surface area is 833 Å². The molecule has 23 rings (SSSR count). The van der Waals surface area contributed by atoms with Gasteiger partial charge in [-0.15, -0.1) is 0 Å². The van der Waals surface area contributed by atoms with Crippen LogP contribution in [0.15, 0.2) is 224 Å². The fourth-order valence-corrected chi connectivity index (χ4v) is 25.4. The minimum atomic E-state index is -0.601. The van der Waals surface area contributed by atoms with Crippen LogP contribution in [-0.2, 0) is 76.9 Å².